The molecule has 0 saturated carbocycles. The van der Waals surface area contributed by atoms with Gasteiger partial charge in [-0.05, 0) is 42.8 Å². The molecule has 2 rings (SSSR count). The van der Waals surface area contributed by atoms with Crippen molar-refractivity contribution >= 4 is 20.0 Å². The summed E-state index contributed by atoms with van der Waals surface area (Å²) in [5, 5.41) is 19.3. The van der Waals surface area contributed by atoms with Crippen molar-refractivity contribution in [1.82, 2.24) is 3.71 Å². The molecule has 0 bridgehead atoms. The molecule has 29 heavy (non-hydrogen) atoms. The Kier molecular flexibility index (Phi) is 8.06. The lowest BCUT2D eigenvalue weighted by atomic mass is 10.1. The zero-order chi connectivity index (χ0) is 21.5. The second-order valence-electron chi connectivity index (χ2n) is 6.77. The Morgan fingerprint density at radius 1 is 0.724 bits per heavy atom. The monoisotopic (exact) mass is 441 g/mol. The van der Waals surface area contributed by atoms with Crippen molar-refractivity contribution in [3.63, 3.8) is 0 Å². The number of rotatable bonds is 11. The van der Waals surface area contributed by atoms with E-state index in [1.807, 2.05) is 0 Å². The first-order chi connectivity index (χ1) is 13.7. The number of sulfonamides is 2. The van der Waals surface area contributed by atoms with Gasteiger partial charge in [0, 0.05) is 6.54 Å². The van der Waals surface area contributed by atoms with E-state index in [1.165, 1.54) is 36.4 Å². The average Bonchev–Trinajstić information content (AvgIpc) is 2.67. The van der Waals surface area contributed by atoms with Gasteiger partial charge in [-0.1, -0.05) is 54.9 Å². The van der Waals surface area contributed by atoms with Crippen LogP contribution in [0.2, 0.25) is 0 Å². The maximum absolute atomic E-state index is 13.1. The largest absolute Gasteiger partial charge is 0.508 e. The standard InChI is InChI=1S/C20H27NO6S2/c1-2-3-4-5-6-7-14-21(28(24,25)19-12-8-10-17(22)15-19)29(26,27)20-13-9-11-18(23)16-20/h8-13,15-16,22-23H,2-7,14H2,1H3. The smallest absolute Gasteiger partial charge is 0.256 e. The number of phenols is 2. The zero-order valence-electron chi connectivity index (χ0n) is 16.4. The molecule has 0 radical (unpaired) electrons. The molecule has 0 aliphatic heterocycles. The summed E-state index contributed by atoms with van der Waals surface area (Å²) in [6.07, 6.45) is 5.12. The summed E-state index contributed by atoms with van der Waals surface area (Å²) in [6, 6.07) is 9.80. The first kappa shape index (κ1) is 23.2. The van der Waals surface area contributed by atoms with Gasteiger partial charge in [-0.2, -0.15) is 0 Å². The minimum Gasteiger partial charge on any atom is -0.508 e. The molecule has 0 atom stereocenters. The number of unbranched alkanes of at least 4 members (excludes halogenated alkanes) is 5. The Morgan fingerprint density at radius 3 is 1.62 bits per heavy atom. The molecule has 0 aliphatic rings. The van der Waals surface area contributed by atoms with Crippen LogP contribution in [0.25, 0.3) is 0 Å². The summed E-state index contributed by atoms with van der Waals surface area (Å²) in [6.45, 7) is 1.87. The summed E-state index contributed by atoms with van der Waals surface area (Å²) in [5.41, 5.74) is 0. The molecule has 0 heterocycles. The van der Waals surface area contributed by atoms with E-state index in [2.05, 4.69) is 6.92 Å². The van der Waals surface area contributed by atoms with Crippen LogP contribution in [0, 0.1) is 0 Å². The Labute approximate surface area is 172 Å². The van der Waals surface area contributed by atoms with Crippen molar-refractivity contribution in [2.75, 3.05) is 6.54 Å². The Bertz CT molecular complexity index is 943. The topological polar surface area (TPSA) is 112 Å². The lowest BCUT2D eigenvalue weighted by Crippen LogP contribution is -2.37. The summed E-state index contributed by atoms with van der Waals surface area (Å²) in [5.74, 6) is -0.555. The van der Waals surface area contributed by atoms with Gasteiger partial charge < -0.3 is 10.2 Å². The van der Waals surface area contributed by atoms with Crippen LogP contribution in [-0.4, -0.2) is 37.3 Å². The maximum atomic E-state index is 13.1. The van der Waals surface area contributed by atoms with Crippen LogP contribution in [-0.2, 0) is 20.0 Å². The summed E-state index contributed by atoms with van der Waals surface area (Å²) >= 11 is 0. The highest BCUT2D eigenvalue weighted by molar-refractivity contribution is 8.04. The number of benzene rings is 2. The highest BCUT2D eigenvalue weighted by Gasteiger charge is 2.36. The first-order valence-corrected chi connectivity index (χ1v) is 12.4. The van der Waals surface area contributed by atoms with Gasteiger partial charge in [0.2, 0.25) is 0 Å². The fourth-order valence-electron chi connectivity index (χ4n) is 2.91. The molecule has 160 valence electrons. The van der Waals surface area contributed by atoms with Gasteiger partial charge in [0.1, 0.15) is 11.5 Å². The quantitative estimate of drug-likeness (QED) is 0.513. The zero-order valence-corrected chi connectivity index (χ0v) is 18.0. The normalized spacial score (nSPS) is 12.3. The third-order valence-electron chi connectivity index (χ3n) is 4.46. The summed E-state index contributed by atoms with van der Waals surface area (Å²) in [4.78, 5) is -0.626. The van der Waals surface area contributed by atoms with Crippen molar-refractivity contribution in [3.05, 3.63) is 48.5 Å². The second-order valence-corrected chi connectivity index (χ2v) is 10.7. The van der Waals surface area contributed by atoms with Gasteiger partial charge in [0.05, 0.1) is 9.79 Å². The number of hydrogen-bond donors (Lipinski definition) is 2. The molecule has 2 aromatic carbocycles. The molecular formula is C20H27NO6S2. The van der Waals surface area contributed by atoms with E-state index in [0.29, 0.717) is 16.6 Å². The van der Waals surface area contributed by atoms with Gasteiger partial charge in [0.15, 0.2) is 0 Å². The fourth-order valence-corrected chi connectivity index (χ4v) is 6.71. The van der Waals surface area contributed by atoms with Crippen molar-refractivity contribution in [1.29, 1.82) is 0 Å². The summed E-state index contributed by atoms with van der Waals surface area (Å²) < 4.78 is 53.0. The number of aromatic hydroxyl groups is 2. The molecule has 0 saturated heterocycles. The third kappa shape index (κ3) is 5.94. The number of nitrogens with zero attached hydrogens (tertiary/aromatic N) is 1. The number of phenolic OH excluding ortho intramolecular Hbond substituents is 2. The average molecular weight is 442 g/mol. The molecule has 2 aromatic rings. The van der Waals surface area contributed by atoms with Gasteiger partial charge in [-0.15, -0.1) is 0 Å². The minimum absolute atomic E-state index is 0.220. The van der Waals surface area contributed by atoms with E-state index in [1.54, 1.807) is 0 Å². The minimum atomic E-state index is -4.44. The van der Waals surface area contributed by atoms with E-state index in [0.717, 1.165) is 37.8 Å². The number of hydrogen-bond acceptors (Lipinski definition) is 6. The van der Waals surface area contributed by atoms with Crippen molar-refractivity contribution in [3.8, 4) is 11.5 Å². The van der Waals surface area contributed by atoms with Crippen LogP contribution < -0.4 is 0 Å². The molecule has 0 aliphatic carbocycles. The Morgan fingerprint density at radius 2 is 1.17 bits per heavy atom. The van der Waals surface area contributed by atoms with Crippen molar-refractivity contribution in [2.45, 2.75) is 55.2 Å². The van der Waals surface area contributed by atoms with Crippen LogP contribution in [0.15, 0.2) is 58.3 Å². The lowest BCUT2D eigenvalue weighted by Gasteiger charge is -2.22. The predicted octanol–water partition coefficient (Wildman–Crippen LogP) is 3.84. The maximum Gasteiger partial charge on any atom is 0.256 e. The third-order valence-corrected chi connectivity index (χ3v) is 8.78. The van der Waals surface area contributed by atoms with E-state index >= 15 is 0 Å². The Hall–Kier alpha value is -2.10. The van der Waals surface area contributed by atoms with Crippen LogP contribution in [0.3, 0.4) is 0 Å². The molecule has 7 nitrogen and oxygen atoms in total. The molecule has 0 amide bonds. The van der Waals surface area contributed by atoms with Crippen LogP contribution in [0.5, 0.6) is 11.5 Å². The van der Waals surface area contributed by atoms with E-state index in [-0.39, 0.29) is 27.8 Å². The molecule has 9 heteroatoms. The van der Waals surface area contributed by atoms with Crippen LogP contribution >= 0.6 is 0 Å². The molecule has 2 N–H and O–H groups in total. The molecule has 0 aromatic heterocycles. The van der Waals surface area contributed by atoms with E-state index in [4.69, 9.17) is 0 Å². The highest BCUT2D eigenvalue weighted by Crippen LogP contribution is 2.28. The van der Waals surface area contributed by atoms with Gasteiger partial charge in [0.25, 0.3) is 20.0 Å². The Balaban J connectivity index is 2.37. The van der Waals surface area contributed by atoms with Gasteiger partial charge >= 0.3 is 0 Å². The van der Waals surface area contributed by atoms with Crippen molar-refractivity contribution in [2.24, 2.45) is 0 Å². The van der Waals surface area contributed by atoms with Gasteiger partial charge in [-0.3, -0.25) is 0 Å². The first-order valence-electron chi connectivity index (χ1n) is 9.55. The second kappa shape index (κ2) is 10.1. The van der Waals surface area contributed by atoms with Crippen LogP contribution in [0.4, 0.5) is 0 Å². The molecule has 0 unspecified atom stereocenters. The van der Waals surface area contributed by atoms with E-state index < -0.39 is 20.0 Å². The SMILES string of the molecule is CCCCCCCCN(S(=O)(=O)c1cccc(O)c1)S(=O)(=O)c1cccc(O)c1. The van der Waals surface area contributed by atoms with E-state index in [9.17, 15) is 27.0 Å². The molecule has 0 spiro atoms. The molecule has 0 fully saturated rings. The van der Waals surface area contributed by atoms with Crippen molar-refractivity contribution < 1.29 is 27.0 Å². The lowest BCUT2D eigenvalue weighted by molar-refractivity contribution is 0.465. The van der Waals surface area contributed by atoms with Gasteiger partial charge in [-0.25, -0.2) is 16.8 Å². The summed E-state index contributed by atoms with van der Waals surface area (Å²) in [7, 11) is -8.87. The predicted molar refractivity (Wildman–Crippen MR) is 111 cm³/mol. The highest BCUT2D eigenvalue weighted by atomic mass is 32.3. The molecular weight excluding hydrogens is 414 g/mol. The fraction of sp³-hybridized carbons (Fsp3) is 0.400. The van der Waals surface area contributed by atoms with Crippen LogP contribution in [0.1, 0.15) is 45.4 Å².